The van der Waals surface area contributed by atoms with Crippen LogP contribution in [0, 0.1) is 0 Å². The molecule has 1 amide bonds. The van der Waals surface area contributed by atoms with E-state index in [1.54, 1.807) is 6.08 Å². The van der Waals surface area contributed by atoms with Crippen LogP contribution in [0.1, 0.15) is 232 Å². The van der Waals surface area contributed by atoms with E-state index in [2.05, 4.69) is 79.9 Å². The highest BCUT2D eigenvalue weighted by molar-refractivity contribution is 5.76. The summed E-state index contributed by atoms with van der Waals surface area (Å²) in [5, 5.41) is 54.1. The van der Waals surface area contributed by atoms with Crippen LogP contribution in [-0.2, 0) is 23.8 Å². The zero-order valence-corrected chi connectivity index (χ0v) is 44.9. The third-order valence-corrected chi connectivity index (χ3v) is 13.0. The molecule has 0 saturated carbocycles. The van der Waals surface area contributed by atoms with E-state index in [1.807, 2.05) is 6.08 Å². The molecule has 11 heteroatoms. The first-order chi connectivity index (χ1) is 34.7. The summed E-state index contributed by atoms with van der Waals surface area (Å²) in [5.41, 5.74) is 0. The fourth-order valence-electron chi connectivity index (χ4n) is 8.46. The molecule has 0 spiro atoms. The van der Waals surface area contributed by atoms with Gasteiger partial charge in [-0.15, -0.1) is 0 Å². The van der Waals surface area contributed by atoms with Crippen LogP contribution in [0.3, 0.4) is 0 Å². The number of nitrogens with one attached hydrogen (secondary N) is 1. The summed E-state index contributed by atoms with van der Waals surface area (Å²) in [6.07, 6.45) is 54.4. The minimum Gasteiger partial charge on any atom is -0.466 e. The molecule has 11 nitrogen and oxygen atoms in total. The molecule has 0 bridgehead atoms. The molecular weight excluding hydrogens is 895 g/mol. The molecule has 6 N–H and O–H groups in total. The summed E-state index contributed by atoms with van der Waals surface area (Å²) >= 11 is 0. The van der Waals surface area contributed by atoms with Crippen molar-refractivity contribution in [2.45, 2.75) is 275 Å². The summed E-state index contributed by atoms with van der Waals surface area (Å²) in [6.45, 7) is 4.10. The second kappa shape index (κ2) is 49.3. The van der Waals surface area contributed by atoms with Crippen LogP contribution in [0.2, 0.25) is 0 Å². The third-order valence-electron chi connectivity index (χ3n) is 13.0. The van der Waals surface area contributed by atoms with Crippen molar-refractivity contribution in [2.75, 3.05) is 19.8 Å². The standard InChI is InChI=1S/C60H105NO10/c1-3-5-7-9-11-13-15-16-17-18-19-22-25-28-32-36-40-44-48-56(65)69-49-45-41-37-33-29-26-23-20-21-24-27-31-35-39-43-47-55(64)61-52(51-70-60-59(68)58(67)57(66)54(50-62)71-60)53(63)46-42-38-34-30-14-12-10-8-6-4-2/h6,8,14,17-18,20,23,26,29-30,42,46,52-54,57-60,62-63,66-68H,3-5,7,9-13,15-16,19,21-22,24-25,27-28,31-41,43-45,47-51H2,1-2H3,(H,61,64)/b8-6+,18-17-,23-20-,29-26-,30-14+,46-42+. The Bertz CT molecular complexity index is 1410. The summed E-state index contributed by atoms with van der Waals surface area (Å²) in [6, 6.07) is -0.852. The molecule has 71 heavy (non-hydrogen) atoms. The van der Waals surface area contributed by atoms with Gasteiger partial charge in [-0.25, -0.2) is 0 Å². The molecule has 7 unspecified atom stereocenters. The maximum Gasteiger partial charge on any atom is 0.305 e. The van der Waals surface area contributed by atoms with Crippen LogP contribution in [0.25, 0.3) is 0 Å². The first-order valence-electron chi connectivity index (χ1n) is 28.7. The van der Waals surface area contributed by atoms with Gasteiger partial charge in [-0.05, 0) is 109 Å². The van der Waals surface area contributed by atoms with Gasteiger partial charge in [0.1, 0.15) is 24.4 Å². The minimum absolute atomic E-state index is 0.0467. The molecule has 1 saturated heterocycles. The van der Waals surface area contributed by atoms with E-state index in [9.17, 15) is 35.1 Å². The van der Waals surface area contributed by atoms with Gasteiger partial charge in [0.05, 0.1) is 32.0 Å². The van der Waals surface area contributed by atoms with Crippen LogP contribution in [0.4, 0.5) is 0 Å². The maximum absolute atomic E-state index is 13.0. The highest BCUT2D eigenvalue weighted by Gasteiger charge is 2.44. The van der Waals surface area contributed by atoms with E-state index < -0.39 is 49.5 Å². The monoisotopic (exact) mass is 1000 g/mol. The van der Waals surface area contributed by atoms with Gasteiger partial charge < -0.3 is 45.1 Å². The Balaban J connectivity index is 2.11. The van der Waals surface area contributed by atoms with Crippen LogP contribution < -0.4 is 5.32 Å². The molecule has 410 valence electrons. The number of unbranched alkanes of at least 4 members (excludes halogenated alkanes) is 25. The van der Waals surface area contributed by atoms with Crippen molar-refractivity contribution in [2.24, 2.45) is 0 Å². The molecule has 7 atom stereocenters. The van der Waals surface area contributed by atoms with E-state index in [-0.39, 0.29) is 18.5 Å². The van der Waals surface area contributed by atoms with Crippen LogP contribution in [0.15, 0.2) is 72.9 Å². The Morgan fingerprint density at radius 3 is 1.55 bits per heavy atom. The number of aliphatic hydroxyl groups is 5. The predicted octanol–water partition coefficient (Wildman–Crippen LogP) is 12.8. The summed E-state index contributed by atoms with van der Waals surface area (Å²) in [5.74, 6) is -0.270. The molecule has 1 rings (SSSR count). The quantitative estimate of drug-likeness (QED) is 0.0149. The lowest BCUT2D eigenvalue weighted by Crippen LogP contribution is -2.60. The topological polar surface area (TPSA) is 175 Å². The number of rotatable bonds is 48. The zero-order valence-electron chi connectivity index (χ0n) is 44.9. The Hall–Kier alpha value is -2.90. The van der Waals surface area contributed by atoms with Crippen molar-refractivity contribution in [3.05, 3.63) is 72.9 Å². The molecule has 0 aromatic heterocycles. The number of hydrogen-bond acceptors (Lipinski definition) is 10. The highest BCUT2D eigenvalue weighted by atomic mass is 16.7. The molecule has 1 fully saturated rings. The number of allylic oxidation sites excluding steroid dienone is 11. The zero-order chi connectivity index (χ0) is 51.7. The van der Waals surface area contributed by atoms with Crippen LogP contribution in [0.5, 0.6) is 0 Å². The number of hydrogen-bond donors (Lipinski definition) is 6. The Labute approximate surface area is 432 Å². The van der Waals surface area contributed by atoms with Crippen molar-refractivity contribution in [1.29, 1.82) is 0 Å². The summed E-state index contributed by atoms with van der Waals surface area (Å²) < 4.78 is 16.6. The Morgan fingerprint density at radius 2 is 1.00 bits per heavy atom. The SMILES string of the molecule is CC/C=C/CC/C=C/CC/C=C/C(O)C(COC1OC(CO)C(O)C(O)C1O)NC(=O)CCCCCCCC/C=C\C=C/CCCCCOC(=O)CCCCCCCCC/C=C\CCCCCCCCC. The number of ether oxygens (including phenoxy) is 3. The van der Waals surface area contributed by atoms with Gasteiger partial charge in [-0.1, -0.05) is 183 Å². The van der Waals surface area contributed by atoms with E-state index in [4.69, 9.17) is 14.2 Å². The van der Waals surface area contributed by atoms with Crippen LogP contribution >= 0.6 is 0 Å². The van der Waals surface area contributed by atoms with E-state index >= 15 is 0 Å². The molecular formula is C60H105NO10. The molecule has 0 aliphatic carbocycles. The van der Waals surface area contributed by atoms with E-state index in [0.29, 0.717) is 32.3 Å². The summed E-state index contributed by atoms with van der Waals surface area (Å²) in [4.78, 5) is 25.1. The number of aliphatic hydroxyl groups excluding tert-OH is 5. The van der Waals surface area contributed by atoms with Crippen molar-refractivity contribution in [3.8, 4) is 0 Å². The Morgan fingerprint density at radius 1 is 0.535 bits per heavy atom. The van der Waals surface area contributed by atoms with Crippen molar-refractivity contribution >= 4 is 11.9 Å². The molecule has 0 radical (unpaired) electrons. The smallest absolute Gasteiger partial charge is 0.305 e. The van der Waals surface area contributed by atoms with Gasteiger partial charge >= 0.3 is 5.97 Å². The predicted molar refractivity (Wildman–Crippen MR) is 292 cm³/mol. The minimum atomic E-state index is -1.59. The summed E-state index contributed by atoms with van der Waals surface area (Å²) in [7, 11) is 0. The molecule has 1 aliphatic heterocycles. The fourth-order valence-corrected chi connectivity index (χ4v) is 8.46. The number of carbonyl (C=O) groups excluding carboxylic acids is 2. The lowest BCUT2D eigenvalue weighted by atomic mass is 9.99. The van der Waals surface area contributed by atoms with Gasteiger partial charge in [0.2, 0.25) is 5.91 Å². The maximum atomic E-state index is 13.0. The second-order valence-corrected chi connectivity index (χ2v) is 19.6. The number of esters is 1. The second-order valence-electron chi connectivity index (χ2n) is 19.6. The highest BCUT2D eigenvalue weighted by Crippen LogP contribution is 2.23. The average molecular weight is 1000 g/mol. The Kier molecular flexibility index (Phi) is 45.9. The fraction of sp³-hybridized carbons (Fsp3) is 0.767. The van der Waals surface area contributed by atoms with E-state index in [1.165, 1.54) is 89.9 Å². The first kappa shape index (κ1) is 66.1. The van der Waals surface area contributed by atoms with Gasteiger partial charge in [0.15, 0.2) is 6.29 Å². The molecule has 1 heterocycles. The molecule has 0 aromatic carbocycles. The van der Waals surface area contributed by atoms with Gasteiger partial charge in [-0.2, -0.15) is 0 Å². The lowest BCUT2D eigenvalue weighted by molar-refractivity contribution is -0.302. The van der Waals surface area contributed by atoms with Gasteiger partial charge in [0, 0.05) is 12.8 Å². The lowest BCUT2D eigenvalue weighted by Gasteiger charge is -2.40. The van der Waals surface area contributed by atoms with E-state index in [0.717, 1.165) is 103 Å². The van der Waals surface area contributed by atoms with Crippen LogP contribution in [-0.4, -0.2) is 100 Å². The van der Waals surface area contributed by atoms with Gasteiger partial charge in [-0.3, -0.25) is 9.59 Å². The largest absolute Gasteiger partial charge is 0.466 e. The first-order valence-corrected chi connectivity index (χ1v) is 28.7. The normalized spacial score (nSPS) is 19.7. The molecule has 1 aliphatic rings. The van der Waals surface area contributed by atoms with Crippen molar-refractivity contribution in [1.82, 2.24) is 5.32 Å². The van der Waals surface area contributed by atoms with Crippen molar-refractivity contribution < 1.29 is 49.3 Å². The van der Waals surface area contributed by atoms with Crippen molar-refractivity contribution in [3.63, 3.8) is 0 Å². The molecule has 0 aromatic rings. The number of carbonyl (C=O) groups is 2. The average Bonchev–Trinajstić information content (AvgIpc) is 3.37. The van der Waals surface area contributed by atoms with Gasteiger partial charge in [0.25, 0.3) is 0 Å². The third kappa shape index (κ3) is 39.3. The number of amides is 1.